The average molecular weight is 411 g/mol. The number of aryl methyl sites for hydroxylation is 1. The number of nitrogens with zero attached hydrogens (tertiary/aromatic N) is 3. The summed E-state index contributed by atoms with van der Waals surface area (Å²) in [7, 11) is 1.44. The van der Waals surface area contributed by atoms with Gasteiger partial charge in [0.15, 0.2) is 6.10 Å². The van der Waals surface area contributed by atoms with Crippen molar-refractivity contribution >= 4 is 34.9 Å². The summed E-state index contributed by atoms with van der Waals surface area (Å²) in [4.78, 5) is 34.9. The topological polar surface area (TPSA) is 126 Å². The number of aromatic nitrogens is 2. The van der Waals surface area contributed by atoms with Crippen molar-refractivity contribution in [3.8, 4) is 5.75 Å². The molecule has 0 saturated heterocycles. The summed E-state index contributed by atoms with van der Waals surface area (Å²) in [5, 5.41) is 18.0. The number of esters is 1. The Bertz CT molecular complexity index is 927. The van der Waals surface area contributed by atoms with E-state index in [0.717, 1.165) is 0 Å². The normalized spacial score (nSPS) is 11.6. The van der Waals surface area contributed by atoms with Crippen molar-refractivity contribution in [3.63, 3.8) is 0 Å². The smallest absolute Gasteiger partial charge is 0.328 e. The number of carbonyl (C=O) groups is 2. The summed E-state index contributed by atoms with van der Waals surface area (Å²) in [6.45, 7) is 3.99. The van der Waals surface area contributed by atoms with Crippen molar-refractivity contribution in [3.05, 3.63) is 44.7 Å². The van der Waals surface area contributed by atoms with Crippen molar-refractivity contribution < 1.29 is 24.0 Å². The van der Waals surface area contributed by atoms with Crippen LogP contribution in [-0.4, -0.2) is 39.8 Å². The van der Waals surface area contributed by atoms with Gasteiger partial charge in [0, 0.05) is 5.02 Å². The van der Waals surface area contributed by atoms with Crippen molar-refractivity contribution in [2.24, 2.45) is 0 Å². The van der Waals surface area contributed by atoms with E-state index in [1.165, 1.54) is 38.6 Å². The lowest BCUT2D eigenvalue weighted by molar-refractivity contribution is -0.386. The molecule has 0 radical (unpaired) electrons. The molecule has 0 aliphatic carbocycles. The van der Waals surface area contributed by atoms with Crippen LogP contribution in [0.5, 0.6) is 5.75 Å². The van der Waals surface area contributed by atoms with E-state index in [-0.39, 0.29) is 23.6 Å². The number of anilines is 1. The summed E-state index contributed by atoms with van der Waals surface area (Å²) >= 11 is 5.91. The molecule has 11 heteroatoms. The molecule has 28 heavy (non-hydrogen) atoms. The van der Waals surface area contributed by atoms with Crippen LogP contribution in [0.1, 0.15) is 18.3 Å². The minimum Gasteiger partial charge on any atom is -0.495 e. The van der Waals surface area contributed by atoms with E-state index < -0.39 is 22.9 Å². The Labute approximate surface area is 165 Å². The second kappa shape index (κ2) is 8.70. The van der Waals surface area contributed by atoms with Gasteiger partial charge < -0.3 is 14.8 Å². The number of rotatable bonds is 7. The van der Waals surface area contributed by atoms with Crippen LogP contribution in [0.3, 0.4) is 0 Å². The van der Waals surface area contributed by atoms with Gasteiger partial charge in [0.25, 0.3) is 5.91 Å². The minimum atomic E-state index is -1.12. The Morgan fingerprint density at radius 3 is 2.64 bits per heavy atom. The molecule has 0 aliphatic heterocycles. The van der Waals surface area contributed by atoms with Gasteiger partial charge in [-0.2, -0.15) is 5.10 Å². The van der Waals surface area contributed by atoms with Gasteiger partial charge in [-0.3, -0.25) is 24.4 Å². The SMILES string of the molecule is COc1ccc(Cl)cc1NC(=O)[C@@H](C)OC(=O)Cn1nc(C)c([N+](=O)[O-])c1C. The fourth-order valence-corrected chi connectivity index (χ4v) is 2.70. The molecule has 150 valence electrons. The molecule has 2 aromatic rings. The fraction of sp³-hybridized carbons (Fsp3) is 0.353. The van der Waals surface area contributed by atoms with Gasteiger partial charge in [0.1, 0.15) is 23.7 Å². The molecule has 1 aromatic carbocycles. The number of benzene rings is 1. The molecule has 1 atom stereocenters. The monoisotopic (exact) mass is 410 g/mol. The first kappa shape index (κ1) is 21.2. The molecule has 2 rings (SSSR count). The molecule has 0 unspecified atom stereocenters. The number of nitrogens with one attached hydrogen (secondary N) is 1. The van der Waals surface area contributed by atoms with Crippen LogP contribution in [0, 0.1) is 24.0 Å². The molecule has 10 nitrogen and oxygen atoms in total. The standard InChI is InChI=1S/C17H19ClN4O6/c1-9-16(22(25)26)10(2)21(20-9)8-15(23)28-11(3)17(24)19-13-7-12(18)5-6-14(13)27-4/h5-7,11H,8H2,1-4H3,(H,19,24)/t11-/m1/s1. The molecule has 1 N–H and O–H groups in total. The highest BCUT2D eigenvalue weighted by molar-refractivity contribution is 6.31. The van der Waals surface area contributed by atoms with E-state index in [1.807, 2.05) is 0 Å². The molecule has 0 saturated carbocycles. The molecule has 1 amide bonds. The van der Waals surface area contributed by atoms with Crippen LogP contribution in [0.2, 0.25) is 5.02 Å². The third kappa shape index (κ3) is 4.77. The first-order chi connectivity index (χ1) is 13.1. The Kier molecular flexibility index (Phi) is 6.57. The van der Waals surface area contributed by atoms with Crippen LogP contribution in [-0.2, 0) is 20.9 Å². The molecule has 0 bridgehead atoms. The average Bonchev–Trinajstić information content (AvgIpc) is 2.88. The Morgan fingerprint density at radius 1 is 1.39 bits per heavy atom. The second-order valence-corrected chi connectivity index (χ2v) is 6.34. The van der Waals surface area contributed by atoms with Gasteiger partial charge in [-0.15, -0.1) is 0 Å². The minimum absolute atomic E-state index is 0.161. The molecule has 1 aromatic heterocycles. The highest BCUT2D eigenvalue weighted by atomic mass is 35.5. The quantitative estimate of drug-likeness (QED) is 0.422. The number of carbonyl (C=O) groups excluding carboxylic acids is 2. The number of hydrogen-bond acceptors (Lipinski definition) is 7. The number of methoxy groups -OCH3 is 1. The van der Waals surface area contributed by atoms with Gasteiger partial charge >= 0.3 is 11.7 Å². The number of nitro groups is 1. The van der Waals surface area contributed by atoms with Crippen LogP contribution < -0.4 is 10.1 Å². The van der Waals surface area contributed by atoms with E-state index in [0.29, 0.717) is 16.5 Å². The van der Waals surface area contributed by atoms with Gasteiger partial charge in [0.05, 0.1) is 17.7 Å². The molecular weight excluding hydrogens is 392 g/mol. The Balaban J connectivity index is 2.03. The zero-order valence-corrected chi connectivity index (χ0v) is 16.4. The predicted molar refractivity (Wildman–Crippen MR) is 101 cm³/mol. The van der Waals surface area contributed by atoms with E-state index in [1.54, 1.807) is 12.1 Å². The maximum Gasteiger partial charge on any atom is 0.328 e. The van der Waals surface area contributed by atoms with E-state index in [4.69, 9.17) is 21.1 Å². The molecular formula is C17H19ClN4O6. The lowest BCUT2D eigenvalue weighted by Crippen LogP contribution is -2.31. The van der Waals surface area contributed by atoms with Crippen molar-refractivity contribution in [1.82, 2.24) is 9.78 Å². The third-order valence-corrected chi connectivity index (χ3v) is 4.14. The van der Waals surface area contributed by atoms with Gasteiger partial charge in [-0.1, -0.05) is 11.6 Å². The van der Waals surface area contributed by atoms with Crippen LogP contribution >= 0.6 is 11.6 Å². The predicted octanol–water partition coefficient (Wildman–Crippen LogP) is 2.64. The second-order valence-electron chi connectivity index (χ2n) is 5.90. The fourth-order valence-electron chi connectivity index (χ4n) is 2.53. The summed E-state index contributed by atoms with van der Waals surface area (Å²) in [6.07, 6.45) is -1.12. The zero-order valence-electron chi connectivity index (χ0n) is 15.7. The highest BCUT2D eigenvalue weighted by Gasteiger charge is 2.25. The number of hydrogen-bond donors (Lipinski definition) is 1. The van der Waals surface area contributed by atoms with E-state index in [2.05, 4.69) is 10.4 Å². The number of amides is 1. The van der Waals surface area contributed by atoms with Crippen LogP contribution in [0.15, 0.2) is 18.2 Å². The maximum absolute atomic E-state index is 12.3. The van der Waals surface area contributed by atoms with Gasteiger partial charge in [0.2, 0.25) is 0 Å². The molecule has 1 heterocycles. The van der Waals surface area contributed by atoms with Crippen LogP contribution in [0.25, 0.3) is 0 Å². The zero-order chi connectivity index (χ0) is 21.0. The van der Waals surface area contributed by atoms with Gasteiger partial charge in [-0.05, 0) is 39.0 Å². The lowest BCUT2D eigenvalue weighted by atomic mass is 10.2. The summed E-state index contributed by atoms with van der Waals surface area (Å²) in [5.41, 5.74) is 0.582. The van der Waals surface area contributed by atoms with Crippen LogP contribution in [0.4, 0.5) is 11.4 Å². The van der Waals surface area contributed by atoms with Crippen molar-refractivity contribution in [1.29, 1.82) is 0 Å². The third-order valence-electron chi connectivity index (χ3n) is 3.90. The van der Waals surface area contributed by atoms with Crippen molar-refractivity contribution in [2.75, 3.05) is 12.4 Å². The number of ether oxygens (including phenoxy) is 2. The Morgan fingerprint density at radius 2 is 2.07 bits per heavy atom. The number of halogens is 1. The Hall–Kier alpha value is -3.14. The first-order valence-electron chi connectivity index (χ1n) is 8.16. The maximum atomic E-state index is 12.3. The largest absolute Gasteiger partial charge is 0.495 e. The lowest BCUT2D eigenvalue weighted by Gasteiger charge is -2.15. The van der Waals surface area contributed by atoms with Gasteiger partial charge in [-0.25, -0.2) is 0 Å². The molecule has 0 fully saturated rings. The summed E-state index contributed by atoms with van der Waals surface area (Å²) in [5.74, 6) is -0.958. The molecule has 0 aliphatic rings. The molecule has 0 spiro atoms. The van der Waals surface area contributed by atoms with E-state index >= 15 is 0 Å². The van der Waals surface area contributed by atoms with E-state index in [9.17, 15) is 19.7 Å². The highest BCUT2D eigenvalue weighted by Crippen LogP contribution is 2.28. The first-order valence-corrected chi connectivity index (χ1v) is 8.54. The summed E-state index contributed by atoms with van der Waals surface area (Å²) < 4.78 is 11.4. The summed E-state index contributed by atoms with van der Waals surface area (Å²) in [6, 6.07) is 4.69. The van der Waals surface area contributed by atoms with Crippen molar-refractivity contribution in [2.45, 2.75) is 33.4 Å².